The Hall–Kier alpha value is -2.11. The minimum atomic E-state index is -0.959. The number of rotatable bonds is 4. The number of hydrogen-bond acceptors (Lipinski definition) is 4. The second kappa shape index (κ2) is 5.69. The maximum Gasteiger partial charge on any atom is 0.326 e. The lowest BCUT2D eigenvalue weighted by atomic mass is 10.2. The van der Waals surface area contributed by atoms with E-state index in [9.17, 15) is 9.59 Å². The van der Waals surface area contributed by atoms with E-state index in [4.69, 9.17) is 9.84 Å². The number of likely N-dealkylation sites (tertiary alicyclic amines) is 1. The minimum Gasteiger partial charge on any atom is -0.480 e. The van der Waals surface area contributed by atoms with Gasteiger partial charge in [0.05, 0.1) is 6.20 Å². The van der Waals surface area contributed by atoms with Crippen molar-refractivity contribution in [1.82, 2.24) is 9.88 Å². The molecule has 1 aromatic rings. The Labute approximate surface area is 111 Å². The molecule has 0 radical (unpaired) electrons. The van der Waals surface area contributed by atoms with Crippen molar-refractivity contribution >= 4 is 11.9 Å². The van der Waals surface area contributed by atoms with Gasteiger partial charge in [-0.3, -0.25) is 9.78 Å². The molecule has 6 heteroatoms. The average molecular weight is 264 g/mol. The number of carbonyl (C=O) groups is 2. The maximum absolute atomic E-state index is 12.2. The van der Waals surface area contributed by atoms with Crippen LogP contribution in [0, 0.1) is 0 Å². The van der Waals surface area contributed by atoms with Gasteiger partial charge in [-0.15, -0.1) is 0 Å². The summed E-state index contributed by atoms with van der Waals surface area (Å²) in [6.45, 7) is 2.09. The Morgan fingerprint density at radius 2 is 2.37 bits per heavy atom. The Bertz CT molecular complexity index is 463. The minimum absolute atomic E-state index is 0.297. The summed E-state index contributed by atoms with van der Waals surface area (Å²) in [7, 11) is 0. The van der Waals surface area contributed by atoms with Crippen molar-refractivity contribution in [3.05, 3.63) is 24.5 Å². The average Bonchev–Trinajstić information content (AvgIpc) is 2.88. The SMILES string of the molecule is C[C@H](Oc1cccnc1)C(=O)N1CCC[C@@H]1C(=O)O. The van der Waals surface area contributed by atoms with Crippen molar-refractivity contribution in [1.29, 1.82) is 0 Å². The summed E-state index contributed by atoms with van der Waals surface area (Å²) in [5.41, 5.74) is 0. The molecule has 1 N–H and O–H groups in total. The zero-order valence-corrected chi connectivity index (χ0v) is 10.7. The molecule has 0 aromatic carbocycles. The Kier molecular flexibility index (Phi) is 3.99. The van der Waals surface area contributed by atoms with Crippen LogP contribution in [-0.4, -0.2) is 45.6 Å². The van der Waals surface area contributed by atoms with Crippen molar-refractivity contribution in [2.75, 3.05) is 6.54 Å². The van der Waals surface area contributed by atoms with E-state index in [1.54, 1.807) is 25.3 Å². The smallest absolute Gasteiger partial charge is 0.326 e. The van der Waals surface area contributed by atoms with Gasteiger partial charge in [-0.05, 0) is 31.9 Å². The van der Waals surface area contributed by atoms with E-state index >= 15 is 0 Å². The number of nitrogens with zero attached hydrogens (tertiary/aromatic N) is 2. The third kappa shape index (κ3) is 3.01. The number of carboxylic acid groups (broad SMARTS) is 1. The number of aromatic nitrogens is 1. The maximum atomic E-state index is 12.2. The van der Waals surface area contributed by atoms with Crippen LogP contribution in [-0.2, 0) is 9.59 Å². The van der Waals surface area contributed by atoms with E-state index < -0.39 is 18.1 Å². The second-order valence-corrected chi connectivity index (χ2v) is 4.48. The molecule has 2 atom stereocenters. The van der Waals surface area contributed by atoms with Crippen LogP contribution < -0.4 is 4.74 Å². The van der Waals surface area contributed by atoms with Crippen LogP contribution in [0.15, 0.2) is 24.5 Å². The topological polar surface area (TPSA) is 79.7 Å². The summed E-state index contributed by atoms with van der Waals surface area (Å²) in [4.78, 5) is 28.5. The molecule has 0 saturated carbocycles. The molecule has 1 saturated heterocycles. The second-order valence-electron chi connectivity index (χ2n) is 4.48. The third-order valence-corrected chi connectivity index (χ3v) is 3.12. The van der Waals surface area contributed by atoms with Gasteiger partial charge in [-0.1, -0.05) is 0 Å². The van der Waals surface area contributed by atoms with Gasteiger partial charge >= 0.3 is 5.97 Å². The molecular weight excluding hydrogens is 248 g/mol. The summed E-state index contributed by atoms with van der Waals surface area (Å²) in [6.07, 6.45) is 3.62. The van der Waals surface area contributed by atoms with Crippen LogP contribution in [0.5, 0.6) is 5.75 Å². The highest BCUT2D eigenvalue weighted by atomic mass is 16.5. The molecule has 1 amide bonds. The van der Waals surface area contributed by atoms with Crippen molar-refractivity contribution in [2.24, 2.45) is 0 Å². The zero-order valence-electron chi connectivity index (χ0n) is 10.7. The van der Waals surface area contributed by atoms with E-state index in [1.165, 1.54) is 11.1 Å². The first-order valence-corrected chi connectivity index (χ1v) is 6.19. The van der Waals surface area contributed by atoms with Crippen LogP contribution in [0.2, 0.25) is 0 Å². The Morgan fingerprint density at radius 1 is 1.58 bits per heavy atom. The molecule has 1 aromatic heterocycles. The van der Waals surface area contributed by atoms with Gasteiger partial charge in [0.15, 0.2) is 6.10 Å². The van der Waals surface area contributed by atoms with Crippen molar-refractivity contribution in [3.63, 3.8) is 0 Å². The largest absolute Gasteiger partial charge is 0.480 e. The summed E-state index contributed by atoms with van der Waals surface area (Å²) in [5, 5.41) is 9.06. The fraction of sp³-hybridized carbons (Fsp3) is 0.462. The molecule has 6 nitrogen and oxygen atoms in total. The fourth-order valence-electron chi connectivity index (χ4n) is 2.19. The highest BCUT2D eigenvalue weighted by Gasteiger charge is 2.36. The molecule has 0 unspecified atom stereocenters. The molecule has 2 rings (SSSR count). The first kappa shape index (κ1) is 13.3. The molecule has 0 bridgehead atoms. The van der Waals surface area contributed by atoms with Crippen molar-refractivity contribution < 1.29 is 19.4 Å². The first-order chi connectivity index (χ1) is 9.09. The Morgan fingerprint density at radius 3 is 3.00 bits per heavy atom. The predicted molar refractivity (Wildman–Crippen MR) is 66.7 cm³/mol. The number of pyridine rings is 1. The Balaban J connectivity index is 2.01. The lowest BCUT2D eigenvalue weighted by molar-refractivity contribution is -0.150. The van der Waals surface area contributed by atoms with Crippen LogP contribution in [0.4, 0.5) is 0 Å². The predicted octanol–water partition coefficient (Wildman–Crippen LogP) is 0.924. The fourth-order valence-corrected chi connectivity index (χ4v) is 2.19. The van der Waals surface area contributed by atoms with E-state index in [0.717, 1.165) is 0 Å². The molecule has 1 aliphatic rings. The van der Waals surface area contributed by atoms with E-state index in [2.05, 4.69) is 4.98 Å². The highest BCUT2D eigenvalue weighted by molar-refractivity contribution is 5.86. The zero-order chi connectivity index (χ0) is 13.8. The molecular formula is C13H16N2O4. The summed E-state index contributed by atoms with van der Waals surface area (Å²) < 4.78 is 5.47. The van der Waals surface area contributed by atoms with Gasteiger partial charge in [-0.2, -0.15) is 0 Å². The van der Waals surface area contributed by atoms with Crippen LogP contribution in [0.25, 0.3) is 0 Å². The number of ether oxygens (including phenoxy) is 1. The standard InChI is InChI=1S/C13H16N2O4/c1-9(19-10-4-2-6-14-8-10)12(16)15-7-3-5-11(15)13(17)18/h2,4,6,8-9,11H,3,5,7H2,1H3,(H,17,18)/t9-,11+/m0/s1. The summed E-state index contributed by atoms with van der Waals surface area (Å²) >= 11 is 0. The van der Waals surface area contributed by atoms with Crippen LogP contribution >= 0.6 is 0 Å². The lowest BCUT2D eigenvalue weighted by Crippen LogP contribution is -2.46. The molecule has 102 valence electrons. The van der Waals surface area contributed by atoms with E-state index in [0.29, 0.717) is 25.1 Å². The molecule has 0 spiro atoms. The molecule has 0 aliphatic carbocycles. The normalized spacial score (nSPS) is 20.1. The van der Waals surface area contributed by atoms with Gasteiger partial charge in [0.1, 0.15) is 11.8 Å². The summed E-state index contributed by atoms with van der Waals surface area (Å²) in [5.74, 6) is -0.761. The van der Waals surface area contributed by atoms with E-state index in [1.807, 2.05) is 0 Å². The van der Waals surface area contributed by atoms with Crippen LogP contribution in [0.3, 0.4) is 0 Å². The first-order valence-electron chi connectivity index (χ1n) is 6.19. The van der Waals surface area contributed by atoms with Crippen molar-refractivity contribution in [3.8, 4) is 5.75 Å². The third-order valence-electron chi connectivity index (χ3n) is 3.12. The number of carbonyl (C=O) groups excluding carboxylic acids is 1. The van der Waals surface area contributed by atoms with Gasteiger partial charge in [0.2, 0.25) is 0 Å². The quantitative estimate of drug-likeness (QED) is 0.874. The number of hydrogen-bond donors (Lipinski definition) is 1. The van der Waals surface area contributed by atoms with Gasteiger partial charge in [0, 0.05) is 12.7 Å². The highest BCUT2D eigenvalue weighted by Crippen LogP contribution is 2.20. The number of aliphatic carboxylic acids is 1. The molecule has 1 aliphatic heterocycles. The summed E-state index contributed by atoms with van der Waals surface area (Å²) in [6, 6.07) is 2.69. The monoisotopic (exact) mass is 264 g/mol. The van der Waals surface area contributed by atoms with Gasteiger partial charge < -0.3 is 14.7 Å². The van der Waals surface area contributed by atoms with Crippen molar-refractivity contribution in [2.45, 2.75) is 31.9 Å². The van der Waals surface area contributed by atoms with E-state index in [-0.39, 0.29) is 5.91 Å². The lowest BCUT2D eigenvalue weighted by Gasteiger charge is -2.25. The van der Waals surface area contributed by atoms with Gasteiger partial charge in [0.25, 0.3) is 5.91 Å². The number of amides is 1. The van der Waals surface area contributed by atoms with Crippen LogP contribution in [0.1, 0.15) is 19.8 Å². The molecule has 2 heterocycles. The number of carboxylic acids is 1. The molecule has 19 heavy (non-hydrogen) atoms. The molecule has 1 fully saturated rings. The van der Waals surface area contributed by atoms with Gasteiger partial charge in [-0.25, -0.2) is 4.79 Å².